The Labute approximate surface area is 152 Å². The van der Waals surface area contributed by atoms with Crippen LogP contribution in [0.4, 0.5) is 0 Å². The van der Waals surface area contributed by atoms with Gasteiger partial charge in [-0.1, -0.05) is 43.7 Å². The van der Waals surface area contributed by atoms with Gasteiger partial charge < -0.3 is 9.80 Å². The summed E-state index contributed by atoms with van der Waals surface area (Å²) in [6.45, 7) is 3.63. The van der Waals surface area contributed by atoms with Crippen LogP contribution in [-0.2, 0) is 16.1 Å². The number of carbonyl (C=O) groups is 2. The maximum Gasteiger partial charge on any atom is 0.225 e. The average molecular weight is 344 g/mol. The summed E-state index contributed by atoms with van der Waals surface area (Å²) in [5, 5.41) is 0. The molecule has 2 rings (SSSR count). The fraction of sp³-hybridized carbons (Fsp3) is 0.619. The standard InChI is InChI=1S/C21H32N2O2/c1-4-5-15-22(2)20(24)18-11-13-19(14-12-18)21(25)23(3)16-17-9-7-6-8-10-17/h6-10,18-19H,4-5,11-16H2,1-3H3. The first-order valence-corrected chi connectivity index (χ1v) is 9.56. The van der Waals surface area contributed by atoms with Crippen LogP contribution in [0.25, 0.3) is 0 Å². The molecule has 4 nitrogen and oxygen atoms in total. The van der Waals surface area contributed by atoms with Crippen molar-refractivity contribution in [2.45, 2.75) is 52.0 Å². The maximum atomic E-state index is 12.7. The van der Waals surface area contributed by atoms with Gasteiger partial charge in [-0.15, -0.1) is 0 Å². The zero-order valence-electron chi connectivity index (χ0n) is 15.9. The second kappa shape index (κ2) is 9.59. The van der Waals surface area contributed by atoms with Crippen molar-refractivity contribution in [1.29, 1.82) is 0 Å². The number of amides is 2. The SMILES string of the molecule is CCCCN(C)C(=O)C1CCC(C(=O)N(C)Cc2ccccc2)CC1. The Morgan fingerprint density at radius 3 is 1.96 bits per heavy atom. The molecule has 0 atom stereocenters. The molecule has 0 unspecified atom stereocenters. The molecule has 1 aromatic rings. The van der Waals surface area contributed by atoms with Gasteiger partial charge in [0.15, 0.2) is 0 Å². The molecule has 0 aromatic heterocycles. The molecule has 0 bridgehead atoms. The minimum atomic E-state index is 0.0683. The maximum absolute atomic E-state index is 12.7. The number of nitrogens with zero attached hydrogens (tertiary/aromatic N) is 2. The van der Waals surface area contributed by atoms with Gasteiger partial charge in [0.2, 0.25) is 11.8 Å². The first kappa shape index (κ1) is 19.5. The summed E-state index contributed by atoms with van der Waals surface area (Å²) in [6, 6.07) is 10.1. The fourth-order valence-electron chi connectivity index (χ4n) is 3.65. The summed E-state index contributed by atoms with van der Waals surface area (Å²) in [4.78, 5) is 28.9. The smallest absolute Gasteiger partial charge is 0.225 e. The Morgan fingerprint density at radius 1 is 0.920 bits per heavy atom. The second-order valence-electron chi connectivity index (χ2n) is 7.34. The quantitative estimate of drug-likeness (QED) is 0.756. The lowest BCUT2D eigenvalue weighted by Crippen LogP contribution is -2.39. The van der Waals surface area contributed by atoms with Crippen LogP contribution < -0.4 is 0 Å². The molecule has 138 valence electrons. The van der Waals surface area contributed by atoms with Crippen LogP contribution in [0.2, 0.25) is 0 Å². The van der Waals surface area contributed by atoms with Crippen molar-refractivity contribution >= 4 is 11.8 Å². The third-order valence-electron chi connectivity index (χ3n) is 5.29. The lowest BCUT2D eigenvalue weighted by atomic mass is 9.80. The largest absolute Gasteiger partial charge is 0.346 e. The van der Waals surface area contributed by atoms with Crippen LogP contribution in [0.5, 0.6) is 0 Å². The molecule has 2 amide bonds. The molecule has 1 saturated carbocycles. The van der Waals surface area contributed by atoms with E-state index in [1.807, 2.05) is 54.2 Å². The highest BCUT2D eigenvalue weighted by atomic mass is 16.2. The Hall–Kier alpha value is -1.84. The summed E-state index contributed by atoms with van der Waals surface area (Å²) in [6.07, 6.45) is 5.49. The van der Waals surface area contributed by atoms with Gasteiger partial charge in [-0.2, -0.15) is 0 Å². The normalized spacial score (nSPS) is 20.1. The van der Waals surface area contributed by atoms with Gasteiger partial charge in [-0.05, 0) is 37.7 Å². The van der Waals surface area contributed by atoms with Crippen LogP contribution >= 0.6 is 0 Å². The molecule has 1 aromatic carbocycles. The van der Waals surface area contributed by atoms with Crippen LogP contribution in [0.15, 0.2) is 30.3 Å². The van der Waals surface area contributed by atoms with Crippen LogP contribution in [0.3, 0.4) is 0 Å². The van der Waals surface area contributed by atoms with E-state index < -0.39 is 0 Å². The number of benzene rings is 1. The Bertz CT molecular complexity index is 550. The molecule has 0 aliphatic heterocycles. The highest BCUT2D eigenvalue weighted by molar-refractivity contribution is 5.81. The summed E-state index contributed by atoms with van der Waals surface area (Å²) >= 11 is 0. The lowest BCUT2D eigenvalue weighted by molar-refractivity contribution is -0.140. The van der Waals surface area contributed by atoms with Crippen molar-refractivity contribution in [2.75, 3.05) is 20.6 Å². The summed E-state index contributed by atoms with van der Waals surface area (Å²) in [7, 11) is 3.79. The Kier molecular flexibility index (Phi) is 7.48. The van der Waals surface area contributed by atoms with Crippen molar-refractivity contribution in [3.05, 3.63) is 35.9 Å². The van der Waals surface area contributed by atoms with E-state index in [1.165, 1.54) is 0 Å². The predicted molar refractivity (Wildman–Crippen MR) is 101 cm³/mol. The monoisotopic (exact) mass is 344 g/mol. The summed E-state index contributed by atoms with van der Waals surface area (Å²) in [5.74, 6) is 0.648. The number of hydrogen-bond donors (Lipinski definition) is 0. The molecular formula is C21H32N2O2. The predicted octanol–water partition coefficient (Wildman–Crippen LogP) is 3.71. The molecule has 25 heavy (non-hydrogen) atoms. The van der Waals surface area contributed by atoms with Crippen molar-refractivity contribution in [3.8, 4) is 0 Å². The van der Waals surface area contributed by atoms with Gasteiger partial charge in [-0.3, -0.25) is 9.59 Å². The number of rotatable bonds is 7. The van der Waals surface area contributed by atoms with Gasteiger partial charge in [0.1, 0.15) is 0 Å². The van der Waals surface area contributed by atoms with Crippen molar-refractivity contribution < 1.29 is 9.59 Å². The Morgan fingerprint density at radius 2 is 1.44 bits per heavy atom. The first-order chi connectivity index (χ1) is 12.0. The molecule has 0 heterocycles. The van der Waals surface area contributed by atoms with Crippen molar-refractivity contribution in [2.24, 2.45) is 11.8 Å². The number of carbonyl (C=O) groups excluding carboxylic acids is 2. The van der Waals surface area contributed by atoms with E-state index in [0.717, 1.165) is 50.6 Å². The molecule has 0 saturated heterocycles. The molecule has 1 fully saturated rings. The van der Waals surface area contributed by atoms with Gasteiger partial charge in [0.05, 0.1) is 0 Å². The third kappa shape index (κ3) is 5.58. The Balaban J connectivity index is 1.80. The molecule has 0 radical (unpaired) electrons. The highest BCUT2D eigenvalue weighted by Crippen LogP contribution is 2.31. The highest BCUT2D eigenvalue weighted by Gasteiger charge is 2.32. The van der Waals surface area contributed by atoms with E-state index in [0.29, 0.717) is 6.54 Å². The molecule has 1 aliphatic rings. The van der Waals surface area contributed by atoms with Crippen molar-refractivity contribution in [1.82, 2.24) is 9.80 Å². The zero-order valence-corrected chi connectivity index (χ0v) is 15.9. The van der Waals surface area contributed by atoms with Crippen molar-refractivity contribution in [3.63, 3.8) is 0 Å². The van der Waals surface area contributed by atoms with E-state index in [4.69, 9.17) is 0 Å². The first-order valence-electron chi connectivity index (χ1n) is 9.56. The van der Waals surface area contributed by atoms with Crippen LogP contribution in [0, 0.1) is 11.8 Å². The molecular weight excluding hydrogens is 312 g/mol. The van der Waals surface area contributed by atoms with Crippen LogP contribution in [-0.4, -0.2) is 42.3 Å². The minimum absolute atomic E-state index is 0.0683. The second-order valence-corrected chi connectivity index (χ2v) is 7.34. The molecule has 4 heteroatoms. The van der Waals surface area contributed by atoms with Crippen LogP contribution in [0.1, 0.15) is 51.0 Å². The summed E-state index contributed by atoms with van der Waals surface area (Å²) in [5.41, 5.74) is 1.15. The average Bonchev–Trinajstić information content (AvgIpc) is 2.65. The molecule has 0 spiro atoms. The van der Waals surface area contributed by atoms with E-state index in [9.17, 15) is 9.59 Å². The van der Waals surface area contributed by atoms with E-state index in [2.05, 4.69) is 6.92 Å². The van der Waals surface area contributed by atoms with Gasteiger partial charge in [0, 0.05) is 39.0 Å². The van der Waals surface area contributed by atoms with E-state index in [-0.39, 0.29) is 23.7 Å². The fourth-order valence-corrected chi connectivity index (χ4v) is 3.65. The van der Waals surface area contributed by atoms with Gasteiger partial charge >= 0.3 is 0 Å². The number of unbranched alkanes of at least 4 members (excludes halogenated alkanes) is 1. The summed E-state index contributed by atoms with van der Waals surface area (Å²) < 4.78 is 0. The van der Waals surface area contributed by atoms with E-state index >= 15 is 0 Å². The zero-order chi connectivity index (χ0) is 18.2. The lowest BCUT2D eigenvalue weighted by Gasteiger charge is -2.32. The van der Waals surface area contributed by atoms with Gasteiger partial charge in [0.25, 0.3) is 0 Å². The van der Waals surface area contributed by atoms with Gasteiger partial charge in [-0.25, -0.2) is 0 Å². The van der Waals surface area contributed by atoms with E-state index in [1.54, 1.807) is 0 Å². The number of hydrogen-bond acceptors (Lipinski definition) is 2. The molecule has 0 N–H and O–H groups in total. The third-order valence-corrected chi connectivity index (χ3v) is 5.29. The minimum Gasteiger partial charge on any atom is -0.346 e. The molecule has 1 aliphatic carbocycles. The topological polar surface area (TPSA) is 40.6 Å².